The molecule has 0 aliphatic heterocycles. The average Bonchev–Trinajstić information content (AvgIpc) is 2.88. The Morgan fingerprint density at radius 1 is 0.771 bits per heavy atom. The zero-order chi connectivity index (χ0) is 24.3. The Balaban J connectivity index is 1.84. The number of sulfonamides is 1. The third-order valence-electron chi connectivity index (χ3n) is 5.60. The highest BCUT2D eigenvalue weighted by Gasteiger charge is 2.17. The predicted molar refractivity (Wildman–Crippen MR) is 140 cm³/mol. The molecule has 2 aromatic heterocycles. The summed E-state index contributed by atoms with van der Waals surface area (Å²) in [5, 5.41) is 0. The van der Waals surface area contributed by atoms with Crippen LogP contribution >= 0.6 is 0 Å². The van der Waals surface area contributed by atoms with Crippen molar-refractivity contribution in [2.75, 3.05) is 0 Å². The molecular weight excluding hydrogens is 454 g/mol. The van der Waals surface area contributed by atoms with Gasteiger partial charge in [0.1, 0.15) is 5.65 Å². The van der Waals surface area contributed by atoms with Gasteiger partial charge < -0.3 is 0 Å². The number of nitrogens with zero attached hydrogens (tertiary/aromatic N) is 3. The lowest BCUT2D eigenvalue weighted by atomic mass is 10.0. The SMILES string of the molecule is Cc1ccc(S(=O)(=O)/N=c2/c(-c3ccccc3)c(/C=C/c3ccccc3)nc3ccccn23)cc1. The van der Waals surface area contributed by atoms with Crippen molar-refractivity contribution in [1.82, 2.24) is 9.38 Å². The molecule has 5 rings (SSSR count). The third-order valence-corrected chi connectivity index (χ3v) is 6.88. The van der Waals surface area contributed by atoms with Crippen LogP contribution in [0.1, 0.15) is 16.8 Å². The molecule has 0 fully saturated rings. The predicted octanol–water partition coefficient (Wildman–Crippen LogP) is 5.77. The van der Waals surface area contributed by atoms with Gasteiger partial charge in [-0.15, -0.1) is 4.40 Å². The van der Waals surface area contributed by atoms with Crippen LogP contribution in [-0.2, 0) is 10.0 Å². The fourth-order valence-electron chi connectivity index (χ4n) is 3.83. The van der Waals surface area contributed by atoms with Crippen molar-refractivity contribution in [2.45, 2.75) is 11.8 Å². The molecule has 0 bridgehead atoms. The van der Waals surface area contributed by atoms with Gasteiger partial charge in [0.25, 0.3) is 10.0 Å². The Kier molecular flexibility index (Phi) is 6.12. The van der Waals surface area contributed by atoms with Gasteiger partial charge in [-0.3, -0.25) is 4.40 Å². The van der Waals surface area contributed by atoms with Crippen molar-refractivity contribution in [3.05, 3.63) is 132 Å². The minimum Gasteiger partial charge on any atom is -0.285 e. The first-order valence-electron chi connectivity index (χ1n) is 11.2. The Labute approximate surface area is 204 Å². The summed E-state index contributed by atoms with van der Waals surface area (Å²) in [6.07, 6.45) is 5.65. The van der Waals surface area contributed by atoms with Crippen molar-refractivity contribution in [2.24, 2.45) is 4.40 Å². The fourth-order valence-corrected chi connectivity index (χ4v) is 4.82. The molecular formula is C29H23N3O2S. The Morgan fingerprint density at radius 2 is 1.43 bits per heavy atom. The van der Waals surface area contributed by atoms with Gasteiger partial charge >= 0.3 is 0 Å². The maximum Gasteiger partial charge on any atom is 0.284 e. The summed E-state index contributed by atoms with van der Waals surface area (Å²) in [5.74, 6) is 0. The van der Waals surface area contributed by atoms with Gasteiger partial charge in [-0.2, -0.15) is 8.42 Å². The molecule has 0 saturated heterocycles. The van der Waals surface area contributed by atoms with Crippen LogP contribution in [0, 0.1) is 6.92 Å². The van der Waals surface area contributed by atoms with Crippen LogP contribution in [0.4, 0.5) is 0 Å². The minimum atomic E-state index is -3.98. The third kappa shape index (κ3) is 4.83. The monoisotopic (exact) mass is 477 g/mol. The fraction of sp³-hybridized carbons (Fsp3) is 0.0345. The van der Waals surface area contributed by atoms with Gasteiger partial charge in [0.05, 0.1) is 16.2 Å². The van der Waals surface area contributed by atoms with Crippen LogP contribution in [0.5, 0.6) is 0 Å². The zero-order valence-corrected chi connectivity index (χ0v) is 19.9. The zero-order valence-electron chi connectivity index (χ0n) is 19.1. The minimum absolute atomic E-state index is 0.144. The maximum atomic E-state index is 13.4. The highest BCUT2D eigenvalue weighted by molar-refractivity contribution is 7.90. The van der Waals surface area contributed by atoms with E-state index in [2.05, 4.69) is 4.40 Å². The number of benzene rings is 3. The van der Waals surface area contributed by atoms with Gasteiger partial charge in [-0.05, 0) is 48.4 Å². The van der Waals surface area contributed by atoms with E-state index in [1.165, 1.54) is 0 Å². The normalized spacial score (nSPS) is 12.4. The average molecular weight is 478 g/mol. The maximum absolute atomic E-state index is 13.4. The molecule has 2 heterocycles. The summed E-state index contributed by atoms with van der Waals surface area (Å²) in [5.41, 5.74) is 4.98. The van der Waals surface area contributed by atoms with Crippen LogP contribution in [-0.4, -0.2) is 17.8 Å². The summed E-state index contributed by atoms with van der Waals surface area (Å²) < 4.78 is 32.9. The lowest BCUT2D eigenvalue weighted by Crippen LogP contribution is -2.22. The largest absolute Gasteiger partial charge is 0.285 e. The van der Waals surface area contributed by atoms with Crippen molar-refractivity contribution in [1.29, 1.82) is 0 Å². The molecule has 35 heavy (non-hydrogen) atoms. The Hall–Kier alpha value is -4.29. The van der Waals surface area contributed by atoms with Gasteiger partial charge in [-0.1, -0.05) is 90.5 Å². The van der Waals surface area contributed by atoms with E-state index in [9.17, 15) is 8.42 Å². The first kappa shape index (κ1) is 22.5. The van der Waals surface area contributed by atoms with Crippen molar-refractivity contribution in [3.63, 3.8) is 0 Å². The quantitative estimate of drug-likeness (QED) is 0.323. The van der Waals surface area contributed by atoms with E-state index in [4.69, 9.17) is 4.98 Å². The number of hydrogen-bond acceptors (Lipinski definition) is 3. The molecule has 0 saturated carbocycles. The highest BCUT2D eigenvalue weighted by Crippen LogP contribution is 2.23. The molecule has 0 aliphatic carbocycles. The molecule has 0 spiro atoms. The second-order valence-electron chi connectivity index (χ2n) is 8.11. The molecule has 3 aromatic carbocycles. The molecule has 5 nitrogen and oxygen atoms in total. The van der Waals surface area contributed by atoms with Crippen LogP contribution in [0.25, 0.3) is 28.9 Å². The molecule has 0 aliphatic rings. The number of aryl methyl sites for hydroxylation is 1. The highest BCUT2D eigenvalue weighted by atomic mass is 32.2. The molecule has 6 heteroatoms. The number of aromatic nitrogens is 2. The molecule has 172 valence electrons. The van der Waals surface area contributed by atoms with Gasteiger partial charge in [0.2, 0.25) is 0 Å². The van der Waals surface area contributed by atoms with Crippen LogP contribution in [0.3, 0.4) is 0 Å². The summed E-state index contributed by atoms with van der Waals surface area (Å²) in [7, 11) is -3.98. The Bertz CT molecular complexity index is 1690. The van der Waals surface area contributed by atoms with E-state index < -0.39 is 10.0 Å². The number of pyridine rings is 1. The summed E-state index contributed by atoms with van der Waals surface area (Å²) in [6, 6.07) is 31.8. The number of hydrogen-bond donors (Lipinski definition) is 0. The van der Waals surface area contributed by atoms with E-state index in [1.54, 1.807) is 34.9 Å². The van der Waals surface area contributed by atoms with Gasteiger partial charge in [0, 0.05) is 6.20 Å². The molecule has 0 amide bonds. The lowest BCUT2D eigenvalue weighted by Gasteiger charge is -2.12. The smallest absolute Gasteiger partial charge is 0.284 e. The van der Waals surface area contributed by atoms with E-state index in [0.717, 1.165) is 16.7 Å². The van der Waals surface area contributed by atoms with E-state index in [0.29, 0.717) is 22.4 Å². The van der Waals surface area contributed by atoms with Crippen LogP contribution in [0.2, 0.25) is 0 Å². The van der Waals surface area contributed by atoms with Crippen LogP contribution in [0.15, 0.2) is 119 Å². The van der Waals surface area contributed by atoms with E-state index in [1.807, 2.05) is 97.9 Å². The second-order valence-corrected chi connectivity index (χ2v) is 9.72. The van der Waals surface area contributed by atoms with Crippen molar-refractivity contribution in [3.8, 4) is 11.1 Å². The standard InChI is InChI=1S/C29H23N3O2S/c1-22-15-18-25(19-16-22)35(33,34)31-29-28(24-12-6-3-7-13-24)26(20-17-23-10-4-2-5-11-23)30-27-14-8-9-21-32(27)29/h2-21H,1H3/b20-17+,31-29-. The molecule has 0 radical (unpaired) electrons. The van der Waals surface area contributed by atoms with Gasteiger partial charge in [-0.25, -0.2) is 4.98 Å². The van der Waals surface area contributed by atoms with Crippen molar-refractivity contribution >= 4 is 27.8 Å². The number of fused-ring (bicyclic) bond motifs is 1. The first-order valence-corrected chi connectivity index (χ1v) is 12.6. The second kappa shape index (κ2) is 9.52. The first-order chi connectivity index (χ1) is 17.0. The van der Waals surface area contributed by atoms with Crippen LogP contribution < -0.4 is 5.49 Å². The van der Waals surface area contributed by atoms with Crippen molar-refractivity contribution < 1.29 is 8.42 Å². The molecule has 0 unspecified atom stereocenters. The Morgan fingerprint density at radius 3 is 2.14 bits per heavy atom. The molecule has 0 N–H and O–H groups in total. The topological polar surface area (TPSA) is 63.8 Å². The summed E-state index contributed by atoms with van der Waals surface area (Å²) >= 11 is 0. The summed E-state index contributed by atoms with van der Waals surface area (Å²) in [6.45, 7) is 1.92. The lowest BCUT2D eigenvalue weighted by molar-refractivity contribution is 0.596. The van der Waals surface area contributed by atoms with E-state index >= 15 is 0 Å². The van der Waals surface area contributed by atoms with E-state index in [-0.39, 0.29) is 4.90 Å². The number of rotatable bonds is 5. The molecule has 5 aromatic rings. The summed E-state index contributed by atoms with van der Waals surface area (Å²) in [4.78, 5) is 5.01. The molecule has 0 atom stereocenters. The van der Waals surface area contributed by atoms with Gasteiger partial charge in [0.15, 0.2) is 5.49 Å².